The van der Waals surface area contributed by atoms with Crippen molar-refractivity contribution in [3.8, 4) is 0 Å². The fourth-order valence-electron chi connectivity index (χ4n) is 3.13. The fourth-order valence-corrected chi connectivity index (χ4v) is 3.13. The highest BCUT2D eigenvalue weighted by atomic mass is 16.6. The van der Waals surface area contributed by atoms with Crippen molar-refractivity contribution in [2.24, 2.45) is 10.9 Å². The van der Waals surface area contributed by atoms with Gasteiger partial charge in [0, 0.05) is 31.3 Å². The Balaban J connectivity index is 1.95. The van der Waals surface area contributed by atoms with Crippen molar-refractivity contribution in [2.75, 3.05) is 26.2 Å². The minimum Gasteiger partial charge on any atom is -0.356 e. The van der Waals surface area contributed by atoms with E-state index in [1.807, 2.05) is 0 Å². The van der Waals surface area contributed by atoms with Crippen LogP contribution in [0.2, 0.25) is 0 Å². The maximum absolute atomic E-state index is 10.7. The molecule has 1 aromatic rings. The van der Waals surface area contributed by atoms with E-state index in [0.29, 0.717) is 18.5 Å². The summed E-state index contributed by atoms with van der Waals surface area (Å²) in [7, 11) is 0. The Morgan fingerprint density at radius 3 is 2.69 bits per heavy atom. The van der Waals surface area contributed by atoms with Crippen molar-refractivity contribution in [1.29, 1.82) is 0 Å². The Kier molecular flexibility index (Phi) is 7.84. The molecule has 7 nitrogen and oxygen atoms in total. The van der Waals surface area contributed by atoms with E-state index in [4.69, 9.17) is 0 Å². The van der Waals surface area contributed by atoms with Crippen molar-refractivity contribution in [3.05, 3.63) is 39.9 Å². The second-order valence-electron chi connectivity index (χ2n) is 7.17. The lowest BCUT2D eigenvalue weighted by Gasteiger charge is -2.24. The zero-order valence-corrected chi connectivity index (χ0v) is 16.1. The van der Waals surface area contributed by atoms with E-state index < -0.39 is 0 Å². The molecule has 1 aromatic carbocycles. The maximum Gasteiger partial charge on any atom is 0.269 e. The van der Waals surface area contributed by atoms with Crippen LogP contribution in [0.15, 0.2) is 29.3 Å². The van der Waals surface area contributed by atoms with Gasteiger partial charge in [0.15, 0.2) is 5.96 Å². The van der Waals surface area contributed by atoms with Crippen LogP contribution in [-0.4, -0.2) is 48.0 Å². The smallest absolute Gasteiger partial charge is 0.269 e. The minimum absolute atomic E-state index is 0.106. The summed E-state index contributed by atoms with van der Waals surface area (Å²) < 4.78 is 0. The van der Waals surface area contributed by atoms with Crippen LogP contribution in [0.4, 0.5) is 5.69 Å². The number of rotatable bonds is 8. The first-order valence-electron chi connectivity index (χ1n) is 9.49. The Hall–Kier alpha value is -2.15. The van der Waals surface area contributed by atoms with E-state index in [-0.39, 0.29) is 10.6 Å². The fraction of sp³-hybridized carbons (Fsp3) is 0.632. The summed E-state index contributed by atoms with van der Waals surface area (Å²) in [4.78, 5) is 17.5. The van der Waals surface area contributed by atoms with E-state index in [2.05, 4.69) is 41.3 Å². The summed E-state index contributed by atoms with van der Waals surface area (Å²) in [6, 6.07) is 7.13. The van der Waals surface area contributed by atoms with Crippen LogP contribution in [-0.2, 0) is 6.54 Å². The molecule has 1 atom stereocenters. The Labute approximate surface area is 156 Å². The number of benzene rings is 1. The molecule has 1 saturated heterocycles. The molecule has 1 fully saturated rings. The normalized spacial score (nSPS) is 18.3. The molecule has 0 aromatic heterocycles. The summed E-state index contributed by atoms with van der Waals surface area (Å²) in [5, 5.41) is 17.6. The lowest BCUT2D eigenvalue weighted by atomic mass is 10.2. The number of nitrogens with zero attached hydrogens (tertiary/aromatic N) is 3. The van der Waals surface area contributed by atoms with Crippen molar-refractivity contribution in [1.82, 2.24) is 15.5 Å². The first-order chi connectivity index (χ1) is 12.5. The van der Waals surface area contributed by atoms with Crippen LogP contribution in [0.1, 0.15) is 39.2 Å². The largest absolute Gasteiger partial charge is 0.356 e. The third kappa shape index (κ3) is 6.29. The van der Waals surface area contributed by atoms with Gasteiger partial charge in [-0.15, -0.1) is 0 Å². The van der Waals surface area contributed by atoms with Crippen molar-refractivity contribution in [3.63, 3.8) is 0 Å². The average Bonchev–Trinajstić information content (AvgIpc) is 3.08. The number of hydrogen-bond acceptors (Lipinski definition) is 4. The monoisotopic (exact) mass is 361 g/mol. The predicted octanol–water partition coefficient (Wildman–Crippen LogP) is 2.77. The first-order valence-corrected chi connectivity index (χ1v) is 9.49. The highest BCUT2D eigenvalue weighted by molar-refractivity contribution is 5.79. The van der Waals surface area contributed by atoms with Crippen LogP contribution in [0.5, 0.6) is 0 Å². The summed E-state index contributed by atoms with van der Waals surface area (Å²) in [5.74, 6) is 1.33. The van der Waals surface area contributed by atoms with Gasteiger partial charge in [-0.25, -0.2) is 4.99 Å². The molecule has 1 aliphatic heterocycles. The van der Waals surface area contributed by atoms with E-state index in [1.165, 1.54) is 31.5 Å². The number of nitro groups is 1. The zero-order chi connectivity index (χ0) is 18.9. The molecule has 0 radical (unpaired) electrons. The molecule has 0 aliphatic carbocycles. The average molecular weight is 361 g/mol. The maximum atomic E-state index is 10.7. The Morgan fingerprint density at radius 2 is 2.08 bits per heavy atom. The van der Waals surface area contributed by atoms with E-state index in [1.54, 1.807) is 12.1 Å². The van der Waals surface area contributed by atoms with Crippen LogP contribution in [0, 0.1) is 16.0 Å². The quantitative estimate of drug-likeness (QED) is 0.322. The zero-order valence-electron chi connectivity index (χ0n) is 16.1. The molecule has 0 spiro atoms. The van der Waals surface area contributed by atoms with Gasteiger partial charge >= 0.3 is 0 Å². The number of nitro benzene ring substituents is 1. The van der Waals surface area contributed by atoms with Crippen molar-refractivity contribution < 1.29 is 4.92 Å². The first kappa shape index (κ1) is 20.2. The number of hydrogen-bond donors (Lipinski definition) is 2. The van der Waals surface area contributed by atoms with Crippen LogP contribution in [0.25, 0.3) is 0 Å². The molecule has 0 amide bonds. The van der Waals surface area contributed by atoms with Crippen molar-refractivity contribution >= 4 is 11.6 Å². The highest BCUT2D eigenvalue weighted by Gasteiger charge is 2.22. The van der Waals surface area contributed by atoms with E-state index >= 15 is 0 Å². The predicted molar refractivity (Wildman–Crippen MR) is 105 cm³/mol. The molecule has 1 heterocycles. The molecule has 0 saturated carbocycles. The number of likely N-dealkylation sites (tertiary alicyclic amines) is 1. The molecule has 1 aliphatic rings. The van der Waals surface area contributed by atoms with Gasteiger partial charge in [0.1, 0.15) is 0 Å². The van der Waals surface area contributed by atoms with Crippen molar-refractivity contribution in [2.45, 2.75) is 46.2 Å². The molecule has 1 unspecified atom stereocenters. The highest BCUT2D eigenvalue weighted by Crippen LogP contribution is 2.15. The Morgan fingerprint density at radius 1 is 1.35 bits per heavy atom. The molecular formula is C19H31N5O2. The molecule has 26 heavy (non-hydrogen) atoms. The van der Waals surface area contributed by atoms with Crippen LogP contribution in [0.3, 0.4) is 0 Å². The standard InChI is InChI=1S/C19H31N5O2/c1-4-23-11-5-6-18(23)14-22-19(20-12-15(2)3)21-13-16-7-9-17(10-8-16)24(25)26/h7-10,15,18H,4-6,11-14H2,1-3H3,(H2,20,21,22). The van der Waals surface area contributed by atoms with Gasteiger partial charge in [0.25, 0.3) is 5.69 Å². The van der Waals surface area contributed by atoms with Gasteiger partial charge in [-0.2, -0.15) is 0 Å². The topological polar surface area (TPSA) is 82.8 Å². The van der Waals surface area contributed by atoms with Gasteiger partial charge in [-0.3, -0.25) is 15.0 Å². The summed E-state index contributed by atoms with van der Waals surface area (Å²) in [6.45, 7) is 11.0. The van der Waals surface area contributed by atoms with Crippen LogP contribution >= 0.6 is 0 Å². The van der Waals surface area contributed by atoms with Gasteiger partial charge in [0.2, 0.25) is 0 Å². The molecule has 0 bridgehead atoms. The molecular weight excluding hydrogens is 330 g/mol. The second kappa shape index (κ2) is 10.1. The molecule has 144 valence electrons. The lowest BCUT2D eigenvalue weighted by Crippen LogP contribution is -2.45. The van der Waals surface area contributed by atoms with Gasteiger partial charge in [-0.1, -0.05) is 32.9 Å². The minimum atomic E-state index is -0.384. The van der Waals surface area contributed by atoms with E-state index in [9.17, 15) is 10.1 Å². The Bertz CT molecular complexity index is 600. The molecule has 2 N–H and O–H groups in total. The number of aliphatic imine (C=N–C) groups is 1. The molecule has 7 heteroatoms. The van der Waals surface area contributed by atoms with Crippen LogP contribution < -0.4 is 10.6 Å². The molecule has 2 rings (SSSR count). The number of likely N-dealkylation sites (N-methyl/N-ethyl adjacent to an activating group) is 1. The summed E-state index contributed by atoms with van der Waals surface area (Å²) >= 11 is 0. The number of non-ortho nitro benzene ring substituents is 1. The third-order valence-corrected chi connectivity index (χ3v) is 4.66. The van der Waals surface area contributed by atoms with Gasteiger partial charge < -0.3 is 10.6 Å². The summed E-state index contributed by atoms with van der Waals surface area (Å²) in [6.07, 6.45) is 2.48. The SMILES string of the molecule is CCN1CCCC1CNC(=NCc1ccc([N+](=O)[O-])cc1)NCC(C)C. The summed E-state index contributed by atoms with van der Waals surface area (Å²) in [5.41, 5.74) is 1.06. The third-order valence-electron chi connectivity index (χ3n) is 4.66. The van der Waals surface area contributed by atoms with E-state index in [0.717, 1.165) is 31.2 Å². The second-order valence-corrected chi connectivity index (χ2v) is 7.17. The van der Waals surface area contributed by atoms with Gasteiger partial charge in [0.05, 0.1) is 11.5 Å². The number of guanidine groups is 1. The lowest BCUT2D eigenvalue weighted by molar-refractivity contribution is -0.384. The number of nitrogens with one attached hydrogen (secondary N) is 2. The van der Waals surface area contributed by atoms with Gasteiger partial charge in [-0.05, 0) is 37.4 Å².